The summed E-state index contributed by atoms with van der Waals surface area (Å²) in [5, 5.41) is 16.3. The number of nitrogens with one attached hydrogen (secondary N) is 2. The first-order chi connectivity index (χ1) is 13.2. The number of guanidine groups is 1. The van der Waals surface area contributed by atoms with Gasteiger partial charge in [0.2, 0.25) is 0 Å². The largest absolute Gasteiger partial charge is 0.468 e. The van der Waals surface area contributed by atoms with E-state index in [9.17, 15) is 5.11 Å². The first-order valence-electron chi connectivity index (χ1n) is 10.6. The van der Waals surface area contributed by atoms with Gasteiger partial charge in [0.05, 0.1) is 12.3 Å². The molecule has 2 rings (SSSR count). The van der Waals surface area contributed by atoms with Crippen LogP contribution in [0.4, 0.5) is 0 Å². The van der Waals surface area contributed by atoms with Crippen LogP contribution in [0.5, 0.6) is 0 Å². The van der Waals surface area contributed by atoms with Crippen molar-refractivity contribution >= 4 is 29.9 Å². The topological polar surface area (TPSA) is 73.0 Å². The minimum absolute atomic E-state index is 0. The highest BCUT2D eigenvalue weighted by atomic mass is 127. The number of aliphatic hydroxyl groups is 1. The van der Waals surface area contributed by atoms with Crippen LogP contribution in [0.2, 0.25) is 0 Å². The van der Waals surface area contributed by atoms with Crippen LogP contribution in [0.1, 0.15) is 64.7 Å². The number of rotatable bonds is 11. The van der Waals surface area contributed by atoms with Crippen molar-refractivity contribution < 1.29 is 9.52 Å². The van der Waals surface area contributed by atoms with Gasteiger partial charge in [-0.05, 0) is 69.7 Å². The standard InChI is InChI=1S/C21H38N4O2.HI/c1-4-21(5-2,11-14-26)17-24-20(22-6-3)23-16-18(19-10-9-15-27-19)25-12-7-8-13-25;/h9-10,15,18,26H,4-8,11-14,16-17H2,1-3H3,(H2,22,23,24);1H. The first kappa shape index (κ1) is 25.2. The Morgan fingerprint density at radius 3 is 2.50 bits per heavy atom. The van der Waals surface area contributed by atoms with E-state index >= 15 is 0 Å². The molecule has 0 aliphatic carbocycles. The molecule has 0 bridgehead atoms. The molecule has 1 unspecified atom stereocenters. The van der Waals surface area contributed by atoms with Crippen LogP contribution in [-0.4, -0.2) is 55.3 Å². The summed E-state index contributed by atoms with van der Waals surface area (Å²) in [7, 11) is 0. The van der Waals surface area contributed by atoms with Crippen molar-refractivity contribution in [3.8, 4) is 0 Å². The Morgan fingerprint density at radius 1 is 1.25 bits per heavy atom. The fourth-order valence-electron chi connectivity index (χ4n) is 3.87. The van der Waals surface area contributed by atoms with Crippen LogP contribution in [-0.2, 0) is 0 Å². The van der Waals surface area contributed by atoms with Crippen LogP contribution in [0, 0.1) is 5.41 Å². The summed E-state index contributed by atoms with van der Waals surface area (Å²) in [6.07, 6.45) is 7.10. The van der Waals surface area contributed by atoms with Gasteiger partial charge < -0.3 is 20.2 Å². The maximum Gasteiger partial charge on any atom is 0.191 e. The van der Waals surface area contributed by atoms with E-state index in [1.165, 1.54) is 12.8 Å². The lowest BCUT2D eigenvalue weighted by atomic mass is 9.79. The van der Waals surface area contributed by atoms with E-state index in [0.29, 0.717) is 0 Å². The third-order valence-electron chi connectivity index (χ3n) is 5.97. The Morgan fingerprint density at radius 2 is 1.96 bits per heavy atom. The van der Waals surface area contributed by atoms with Gasteiger partial charge in [0.1, 0.15) is 5.76 Å². The molecule has 7 heteroatoms. The van der Waals surface area contributed by atoms with Crippen molar-refractivity contribution in [2.24, 2.45) is 10.4 Å². The number of aliphatic hydroxyl groups excluding tert-OH is 1. The molecule has 0 saturated carbocycles. The molecular weight excluding hydrogens is 467 g/mol. The zero-order valence-corrected chi connectivity index (χ0v) is 20.1. The quantitative estimate of drug-likeness (QED) is 0.242. The minimum Gasteiger partial charge on any atom is -0.468 e. The molecule has 0 aromatic carbocycles. The molecule has 6 nitrogen and oxygen atoms in total. The zero-order chi connectivity index (χ0) is 19.5. The lowest BCUT2D eigenvalue weighted by Crippen LogP contribution is -2.43. The van der Waals surface area contributed by atoms with Gasteiger partial charge in [-0.15, -0.1) is 24.0 Å². The lowest BCUT2D eigenvalue weighted by Gasteiger charge is -2.30. The normalized spacial score (nSPS) is 16.6. The van der Waals surface area contributed by atoms with Crippen LogP contribution in [0.3, 0.4) is 0 Å². The summed E-state index contributed by atoms with van der Waals surface area (Å²) in [5.41, 5.74) is 0.0759. The molecule has 1 aliphatic rings. The summed E-state index contributed by atoms with van der Waals surface area (Å²) in [5.74, 6) is 1.86. The number of aliphatic imine (C=N–C) groups is 1. The van der Waals surface area contributed by atoms with E-state index in [1.54, 1.807) is 6.26 Å². The molecule has 0 radical (unpaired) electrons. The lowest BCUT2D eigenvalue weighted by molar-refractivity contribution is 0.175. The van der Waals surface area contributed by atoms with Crippen molar-refractivity contribution in [1.82, 2.24) is 15.5 Å². The third-order valence-corrected chi connectivity index (χ3v) is 5.97. The van der Waals surface area contributed by atoms with Gasteiger partial charge in [-0.2, -0.15) is 0 Å². The zero-order valence-electron chi connectivity index (χ0n) is 17.7. The summed E-state index contributed by atoms with van der Waals surface area (Å²) >= 11 is 0. The second-order valence-electron chi connectivity index (χ2n) is 7.53. The van der Waals surface area contributed by atoms with Gasteiger partial charge in [-0.3, -0.25) is 9.89 Å². The maximum absolute atomic E-state index is 9.44. The maximum atomic E-state index is 9.44. The van der Waals surface area contributed by atoms with Gasteiger partial charge in [0.15, 0.2) is 5.96 Å². The Labute approximate surface area is 187 Å². The van der Waals surface area contributed by atoms with Crippen LogP contribution >= 0.6 is 24.0 Å². The van der Waals surface area contributed by atoms with E-state index < -0.39 is 0 Å². The molecular formula is C21H39IN4O2. The van der Waals surface area contributed by atoms with Crippen molar-refractivity contribution in [2.45, 2.75) is 58.9 Å². The molecule has 1 aromatic rings. The van der Waals surface area contributed by atoms with Gasteiger partial charge >= 0.3 is 0 Å². The molecule has 0 spiro atoms. The number of likely N-dealkylation sites (tertiary alicyclic amines) is 1. The van der Waals surface area contributed by atoms with Crippen molar-refractivity contribution in [3.63, 3.8) is 0 Å². The number of furan rings is 1. The molecule has 28 heavy (non-hydrogen) atoms. The highest BCUT2D eigenvalue weighted by Crippen LogP contribution is 2.30. The molecule has 162 valence electrons. The van der Waals surface area contributed by atoms with Gasteiger partial charge in [-0.1, -0.05) is 13.8 Å². The predicted octanol–water partition coefficient (Wildman–Crippen LogP) is 3.78. The van der Waals surface area contributed by atoms with E-state index in [-0.39, 0.29) is 42.0 Å². The Bertz CT molecular complexity index is 541. The van der Waals surface area contributed by atoms with Crippen LogP contribution in [0.25, 0.3) is 0 Å². The molecule has 1 saturated heterocycles. The fraction of sp³-hybridized carbons (Fsp3) is 0.762. The Hall–Kier alpha value is -0.800. The number of halogens is 1. The number of nitrogens with zero attached hydrogens (tertiary/aromatic N) is 2. The second kappa shape index (κ2) is 13.4. The van der Waals surface area contributed by atoms with E-state index in [1.807, 2.05) is 6.07 Å². The molecule has 2 heterocycles. The third kappa shape index (κ3) is 7.22. The molecule has 1 aliphatic heterocycles. The Kier molecular flexibility index (Phi) is 12.1. The number of hydrogen-bond acceptors (Lipinski definition) is 4. The van der Waals surface area contributed by atoms with Crippen molar-refractivity contribution in [3.05, 3.63) is 24.2 Å². The van der Waals surface area contributed by atoms with Gasteiger partial charge in [0.25, 0.3) is 0 Å². The van der Waals surface area contributed by atoms with E-state index in [2.05, 4.69) is 42.4 Å². The molecule has 0 amide bonds. The fourth-order valence-corrected chi connectivity index (χ4v) is 3.87. The van der Waals surface area contributed by atoms with Gasteiger partial charge in [-0.25, -0.2) is 0 Å². The Balaban J connectivity index is 0.00000392. The first-order valence-corrected chi connectivity index (χ1v) is 10.6. The number of hydrogen-bond donors (Lipinski definition) is 3. The van der Waals surface area contributed by atoms with Crippen LogP contribution in [0.15, 0.2) is 27.8 Å². The molecule has 1 atom stereocenters. The minimum atomic E-state index is 0. The average molecular weight is 506 g/mol. The smallest absolute Gasteiger partial charge is 0.191 e. The summed E-state index contributed by atoms with van der Waals surface area (Å²) in [6, 6.07) is 4.25. The van der Waals surface area contributed by atoms with E-state index in [4.69, 9.17) is 9.41 Å². The molecule has 3 N–H and O–H groups in total. The molecule has 1 aromatic heterocycles. The highest BCUT2D eigenvalue weighted by molar-refractivity contribution is 14.0. The second-order valence-corrected chi connectivity index (χ2v) is 7.53. The van der Waals surface area contributed by atoms with Crippen molar-refractivity contribution in [1.29, 1.82) is 0 Å². The average Bonchev–Trinajstić information content (AvgIpc) is 3.40. The summed E-state index contributed by atoms with van der Waals surface area (Å²) in [6.45, 7) is 11.2. The SMILES string of the molecule is CCNC(=NCC(CC)(CC)CCO)NCC(c1ccco1)N1CCCC1.I. The predicted molar refractivity (Wildman–Crippen MR) is 126 cm³/mol. The molecule has 1 fully saturated rings. The summed E-state index contributed by atoms with van der Waals surface area (Å²) in [4.78, 5) is 7.35. The van der Waals surface area contributed by atoms with Crippen LogP contribution < -0.4 is 10.6 Å². The summed E-state index contributed by atoms with van der Waals surface area (Å²) < 4.78 is 5.71. The highest BCUT2D eigenvalue weighted by Gasteiger charge is 2.27. The van der Waals surface area contributed by atoms with E-state index in [0.717, 1.165) is 63.7 Å². The van der Waals surface area contributed by atoms with Crippen molar-refractivity contribution in [2.75, 3.05) is 39.3 Å². The monoisotopic (exact) mass is 506 g/mol. The van der Waals surface area contributed by atoms with Gasteiger partial charge in [0, 0.05) is 26.2 Å².